The van der Waals surface area contributed by atoms with Gasteiger partial charge in [-0.15, -0.1) is 0 Å². The number of urea groups is 1. The minimum atomic E-state index is -0.770. The van der Waals surface area contributed by atoms with Gasteiger partial charge >= 0.3 is 6.03 Å². The summed E-state index contributed by atoms with van der Waals surface area (Å²) in [6, 6.07) is 0.817. The first-order valence-corrected chi connectivity index (χ1v) is 8.32. The molecule has 0 spiro atoms. The molecular weight excluding hydrogens is 310 g/mol. The van der Waals surface area contributed by atoms with E-state index in [1.54, 1.807) is 21.5 Å². The molecule has 3 saturated heterocycles. The van der Waals surface area contributed by atoms with Crippen LogP contribution < -0.4 is 4.90 Å². The fourth-order valence-electron chi connectivity index (χ4n) is 4.22. The highest BCUT2D eigenvalue weighted by Gasteiger charge is 2.60. The van der Waals surface area contributed by atoms with Crippen LogP contribution in [0.1, 0.15) is 31.9 Å². The van der Waals surface area contributed by atoms with Gasteiger partial charge in [0.25, 0.3) is 11.8 Å². The van der Waals surface area contributed by atoms with Crippen molar-refractivity contribution in [1.82, 2.24) is 19.6 Å². The number of nitrogens with zero attached hydrogens (tertiary/aromatic N) is 5. The number of carbonyl (C=O) groups is 3. The lowest BCUT2D eigenvalue weighted by Crippen LogP contribution is -2.47. The molecule has 0 aromatic carbocycles. The van der Waals surface area contributed by atoms with E-state index in [0.717, 1.165) is 12.1 Å². The van der Waals surface area contributed by atoms with Crippen LogP contribution in [0.3, 0.4) is 0 Å². The average Bonchev–Trinajstić information content (AvgIpc) is 3.21. The van der Waals surface area contributed by atoms with E-state index in [4.69, 9.17) is 0 Å². The smallest absolute Gasteiger partial charge is 0.310 e. The van der Waals surface area contributed by atoms with Crippen molar-refractivity contribution in [1.29, 1.82) is 0 Å². The Labute approximate surface area is 140 Å². The highest BCUT2D eigenvalue weighted by molar-refractivity contribution is 6.12. The number of fused-ring (bicyclic) bond motifs is 1. The van der Waals surface area contributed by atoms with Crippen molar-refractivity contribution >= 4 is 23.7 Å². The topological polar surface area (TPSA) is 78.8 Å². The van der Waals surface area contributed by atoms with E-state index in [1.807, 2.05) is 19.9 Å². The maximum Gasteiger partial charge on any atom is 0.328 e. The second-order valence-electron chi connectivity index (χ2n) is 7.05. The molecule has 4 heterocycles. The summed E-state index contributed by atoms with van der Waals surface area (Å²) in [5, 5.41) is 4.27. The fraction of sp³-hybridized carbons (Fsp3) is 0.625. The van der Waals surface area contributed by atoms with Crippen molar-refractivity contribution in [2.75, 3.05) is 18.0 Å². The number of aromatic nitrogens is 2. The minimum absolute atomic E-state index is 0.204. The standard InChI is InChI=1S/C16H21N5O3/c1-10-9-12(18(3)17-10)19-8-5-11(13(19)22)21-14(23)16(2)6-4-7-20(16)15(21)24/h9,11H,4-8H2,1-3H3/t11-,16+/m1/s1. The molecule has 1 aromatic heterocycles. The van der Waals surface area contributed by atoms with Crippen LogP contribution in [0.2, 0.25) is 0 Å². The molecule has 4 rings (SSSR count). The van der Waals surface area contributed by atoms with Crippen LogP contribution in [0.15, 0.2) is 6.07 Å². The Kier molecular flexibility index (Phi) is 3.04. The van der Waals surface area contributed by atoms with Crippen LogP contribution in [0.25, 0.3) is 0 Å². The lowest BCUT2D eigenvalue weighted by molar-refractivity contribution is -0.136. The maximum absolute atomic E-state index is 12.9. The Hall–Kier alpha value is -2.38. The number of carbonyl (C=O) groups excluding carboxylic acids is 3. The summed E-state index contributed by atoms with van der Waals surface area (Å²) in [4.78, 5) is 42.9. The molecule has 24 heavy (non-hydrogen) atoms. The molecule has 3 aliphatic heterocycles. The molecule has 0 N–H and O–H groups in total. The molecule has 4 amide bonds. The summed E-state index contributed by atoms with van der Waals surface area (Å²) >= 11 is 0. The van der Waals surface area contributed by atoms with Crippen molar-refractivity contribution in [2.24, 2.45) is 7.05 Å². The quantitative estimate of drug-likeness (QED) is 0.746. The number of hydrogen-bond donors (Lipinski definition) is 0. The summed E-state index contributed by atoms with van der Waals surface area (Å²) in [5.41, 5.74) is 0.0543. The molecule has 0 saturated carbocycles. The van der Waals surface area contributed by atoms with E-state index < -0.39 is 11.6 Å². The lowest BCUT2D eigenvalue weighted by atomic mass is 9.99. The van der Waals surface area contributed by atoms with Gasteiger partial charge in [-0.3, -0.25) is 19.2 Å². The number of anilines is 1. The van der Waals surface area contributed by atoms with Crippen LogP contribution in [-0.2, 0) is 16.6 Å². The largest absolute Gasteiger partial charge is 0.328 e. The SMILES string of the molecule is Cc1cc(N2CC[C@@H](N3C(=O)N4CCC[C@@]4(C)C3=O)C2=O)n(C)n1. The van der Waals surface area contributed by atoms with Gasteiger partial charge in [0.1, 0.15) is 17.4 Å². The number of hydrogen-bond acceptors (Lipinski definition) is 4. The second kappa shape index (κ2) is 4.81. The Morgan fingerprint density at radius 3 is 2.62 bits per heavy atom. The van der Waals surface area contributed by atoms with E-state index >= 15 is 0 Å². The molecule has 1 aromatic rings. The monoisotopic (exact) mass is 331 g/mol. The van der Waals surface area contributed by atoms with Crippen LogP contribution in [-0.4, -0.2) is 62.1 Å². The van der Waals surface area contributed by atoms with Gasteiger partial charge in [-0.25, -0.2) is 9.69 Å². The van der Waals surface area contributed by atoms with Gasteiger partial charge < -0.3 is 4.90 Å². The van der Waals surface area contributed by atoms with Gasteiger partial charge in [-0.1, -0.05) is 0 Å². The Bertz CT molecular complexity index is 757. The zero-order chi connectivity index (χ0) is 17.2. The summed E-state index contributed by atoms with van der Waals surface area (Å²) in [5.74, 6) is 0.265. The number of imide groups is 1. The van der Waals surface area contributed by atoms with Crippen molar-refractivity contribution < 1.29 is 14.4 Å². The summed E-state index contributed by atoms with van der Waals surface area (Å²) < 4.78 is 1.66. The first kappa shape index (κ1) is 15.2. The third kappa shape index (κ3) is 1.79. The Balaban J connectivity index is 1.63. The zero-order valence-corrected chi connectivity index (χ0v) is 14.2. The minimum Gasteiger partial charge on any atom is -0.310 e. The predicted molar refractivity (Wildman–Crippen MR) is 85.3 cm³/mol. The Morgan fingerprint density at radius 2 is 2.00 bits per heavy atom. The first-order chi connectivity index (χ1) is 11.3. The van der Waals surface area contributed by atoms with Crippen LogP contribution in [0, 0.1) is 6.92 Å². The van der Waals surface area contributed by atoms with Gasteiger partial charge in [-0.05, 0) is 33.1 Å². The average molecular weight is 331 g/mol. The summed E-state index contributed by atoms with van der Waals surface area (Å²) in [6.07, 6.45) is 1.96. The molecular formula is C16H21N5O3. The molecule has 3 fully saturated rings. The first-order valence-electron chi connectivity index (χ1n) is 8.32. The fourth-order valence-corrected chi connectivity index (χ4v) is 4.22. The van der Waals surface area contributed by atoms with Crippen LogP contribution >= 0.6 is 0 Å². The highest BCUT2D eigenvalue weighted by atomic mass is 16.2. The lowest BCUT2D eigenvalue weighted by Gasteiger charge is -2.23. The third-order valence-corrected chi connectivity index (χ3v) is 5.50. The summed E-state index contributed by atoms with van der Waals surface area (Å²) in [6.45, 7) is 4.74. The second-order valence-corrected chi connectivity index (χ2v) is 7.05. The highest BCUT2D eigenvalue weighted by Crippen LogP contribution is 2.39. The molecule has 0 radical (unpaired) electrons. The van der Waals surface area contributed by atoms with Crippen molar-refractivity contribution in [3.05, 3.63) is 11.8 Å². The van der Waals surface area contributed by atoms with E-state index in [9.17, 15) is 14.4 Å². The van der Waals surface area contributed by atoms with E-state index in [0.29, 0.717) is 31.7 Å². The molecule has 2 atom stereocenters. The Morgan fingerprint density at radius 1 is 1.25 bits per heavy atom. The van der Waals surface area contributed by atoms with E-state index in [-0.39, 0.29) is 17.8 Å². The van der Waals surface area contributed by atoms with Gasteiger partial charge in [0.05, 0.1) is 5.69 Å². The molecule has 3 aliphatic rings. The summed E-state index contributed by atoms with van der Waals surface area (Å²) in [7, 11) is 1.78. The van der Waals surface area contributed by atoms with E-state index in [1.165, 1.54) is 4.90 Å². The van der Waals surface area contributed by atoms with Gasteiger partial charge in [0.15, 0.2) is 0 Å². The molecule has 128 valence electrons. The molecule has 8 heteroatoms. The maximum atomic E-state index is 12.9. The number of rotatable bonds is 2. The number of aryl methyl sites for hydroxylation is 2. The third-order valence-electron chi connectivity index (χ3n) is 5.50. The molecule has 0 aliphatic carbocycles. The molecule has 0 unspecified atom stereocenters. The molecule has 0 bridgehead atoms. The van der Waals surface area contributed by atoms with E-state index in [2.05, 4.69) is 5.10 Å². The van der Waals surface area contributed by atoms with Crippen molar-refractivity contribution in [2.45, 2.75) is 44.7 Å². The van der Waals surface area contributed by atoms with Crippen LogP contribution in [0.4, 0.5) is 10.6 Å². The number of amides is 4. The van der Waals surface area contributed by atoms with Crippen molar-refractivity contribution in [3.8, 4) is 0 Å². The predicted octanol–water partition coefficient (Wildman–Crippen LogP) is 0.651. The van der Waals surface area contributed by atoms with Gasteiger partial charge in [-0.2, -0.15) is 5.10 Å². The van der Waals surface area contributed by atoms with Gasteiger partial charge in [0.2, 0.25) is 0 Å². The zero-order valence-electron chi connectivity index (χ0n) is 14.2. The van der Waals surface area contributed by atoms with Gasteiger partial charge in [0, 0.05) is 26.2 Å². The van der Waals surface area contributed by atoms with Crippen molar-refractivity contribution in [3.63, 3.8) is 0 Å². The normalized spacial score (nSPS) is 30.0. The molecule has 8 nitrogen and oxygen atoms in total. The van der Waals surface area contributed by atoms with Crippen LogP contribution in [0.5, 0.6) is 0 Å².